The second kappa shape index (κ2) is 8.05. The first-order valence-electron chi connectivity index (χ1n) is 6.32. The molecule has 0 aliphatic heterocycles. The number of nitrogens with zero attached hydrogens (tertiary/aromatic N) is 2. The van der Waals surface area contributed by atoms with Crippen LogP contribution < -0.4 is 5.32 Å². The Kier molecular flexibility index (Phi) is 6.67. The van der Waals surface area contributed by atoms with Crippen molar-refractivity contribution in [3.8, 4) is 0 Å². The number of hydrogen-bond donors (Lipinski definition) is 2. The van der Waals surface area contributed by atoms with Crippen molar-refractivity contribution < 1.29 is 9.90 Å². The van der Waals surface area contributed by atoms with Crippen LogP contribution in [0, 0.1) is 0 Å². The van der Waals surface area contributed by atoms with Crippen LogP contribution in [-0.2, 0) is 6.42 Å². The van der Waals surface area contributed by atoms with E-state index in [0.717, 1.165) is 25.0 Å². The second-order valence-corrected chi connectivity index (χ2v) is 4.89. The van der Waals surface area contributed by atoms with E-state index in [0.29, 0.717) is 18.2 Å². The van der Waals surface area contributed by atoms with Gasteiger partial charge in [0.15, 0.2) is 5.13 Å². The molecule has 0 aliphatic carbocycles. The third-order valence-corrected chi connectivity index (χ3v) is 3.23. The van der Waals surface area contributed by atoms with E-state index >= 15 is 0 Å². The van der Waals surface area contributed by atoms with Gasteiger partial charge in [0, 0.05) is 18.5 Å². The zero-order valence-corrected chi connectivity index (χ0v) is 11.8. The lowest BCUT2D eigenvalue weighted by molar-refractivity contribution is 0.188. The molecule has 0 fully saturated rings. The van der Waals surface area contributed by atoms with Gasteiger partial charge in [-0.3, -0.25) is 5.32 Å². The molecular formula is C12H21N3O2S. The van der Waals surface area contributed by atoms with E-state index in [1.54, 1.807) is 4.90 Å². The third kappa shape index (κ3) is 4.62. The summed E-state index contributed by atoms with van der Waals surface area (Å²) >= 11 is 1.44. The number of aryl methyl sites for hydroxylation is 1. The summed E-state index contributed by atoms with van der Waals surface area (Å²) in [5.41, 5.74) is 1.02. The van der Waals surface area contributed by atoms with E-state index in [1.807, 2.05) is 12.3 Å². The fourth-order valence-corrected chi connectivity index (χ4v) is 2.35. The van der Waals surface area contributed by atoms with Crippen molar-refractivity contribution in [3.05, 3.63) is 11.1 Å². The summed E-state index contributed by atoms with van der Waals surface area (Å²) < 4.78 is 0. The normalized spacial score (nSPS) is 10.4. The standard InChI is InChI=1S/C12H21N3O2S/c1-3-5-10-9-18-11(13-10)14-12(17)15(6-4-2)7-8-16/h9,16H,3-8H2,1-2H3,(H,13,14,17). The summed E-state index contributed by atoms with van der Waals surface area (Å²) in [5.74, 6) is 0. The zero-order valence-electron chi connectivity index (χ0n) is 11.0. The molecule has 0 saturated carbocycles. The summed E-state index contributed by atoms with van der Waals surface area (Å²) in [7, 11) is 0. The van der Waals surface area contributed by atoms with E-state index in [1.165, 1.54) is 11.3 Å². The average molecular weight is 271 g/mol. The van der Waals surface area contributed by atoms with E-state index in [4.69, 9.17) is 5.11 Å². The highest BCUT2D eigenvalue weighted by Gasteiger charge is 2.13. The first-order valence-corrected chi connectivity index (χ1v) is 7.20. The molecule has 0 saturated heterocycles. The summed E-state index contributed by atoms with van der Waals surface area (Å²) in [6.07, 6.45) is 2.84. The number of aliphatic hydroxyl groups is 1. The Hall–Kier alpha value is -1.14. The molecule has 0 radical (unpaired) electrons. The van der Waals surface area contributed by atoms with E-state index in [2.05, 4.69) is 17.2 Å². The predicted molar refractivity (Wildman–Crippen MR) is 74.1 cm³/mol. The van der Waals surface area contributed by atoms with Gasteiger partial charge in [-0.15, -0.1) is 11.3 Å². The molecule has 0 aliphatic rings. The fraction of sp³-hybridized carbons (Fsp3) is 0.667. The van der Waals surface area contributed by atoms with Crippen LogP contribution in [0.3, 0.4) is 0 Å². The first-order chi connectivity index (χ1) is 8.71. The van der Waals surface area contributed by atoms with Gasteiger partial charge in [-0.05, 0) is 12.8 Å². The number of anilines is 1. The van der Waals surface area contributed by atoms with Crippen LogP contribution in [0.5, 0.6) is 0 Å². The molecular weight excluding hydrogens is 250 g/mol. The zero-order chi connectivity index (χ0) is 13.4. The predicted octanol–water partition coefficient (Wildman–Crippen LogP) is 2.33. The molecule has 0 aromatic carbocycles. The summed E-state index contributed by atoms with van der Waals surface area (Å²) in [4.78, 5) is 17.9. The summed E-state index contributed by atoms with van der Waals surface area (Å²) in [5, 5.41) is 14.3. The minimum atomic E-state index is -0.191. The lowest BCUT2D eigenvalue weighted by atomic mass is 10.3. The number of urea groups is 1. The number of aromatic nitrogens is 1. The Labute approximate surface area is 112 Å². The molecule has 102 valence electrons. The SMILES string of the molecule is CCCc1csc(NC(=O)N(CCC)CCO)n1. The second-order valence-electron chi connectivity index (χ2n) is 4.03. The monoisotopic (exact) mass is 271 g/mol. The minimum Gasteiger partial charge on any atom is -0.395 e. The highest BCUT2D eigenvalue weighted by Crippen LogP contribution is 2.17. The molecule has 18 heavy (non-hydrogen) atoms. The van der Waals surface area contributed by atoms with Crippen molar-refractivity contribution in [2.75, 3.05) is 25.0 Å². The Morgan fingerprint density at radius 3 is 2.83 bits per heavy atom. The maximum Gasteiger partial charge on any atom is 0.323 e. The summed E-state index contributed by atoms with van der Waals surface area (Å²) in [6, 6.07) is -0.191. The van der Waals surface area contributed by atoms with Crippen LogP contribution in [-0.4, -0.2) is 40.7 Å². The van der Waals surface area contributed by atoms with Crippen LogP contribution in [0.4, 0.5) is 9.93 Å². The number of carbonyl (C=O) groups is 1. The molecule has 2 N–H and O–H groups in total. The number of amides is 2. The molecule has 0 atom stereocenters. The lowest BCUT2D eigenvalue weighted by Gasteiger charge is -2.20. The number of hydrogen-bond acceptors (Lipinski definition) is 4. The van der Waals surface area contributed by atoms with Gasteiger partial charge < -0.3 is 10.0 Å². The fourth-order valence-electron chi connectivity index (χ4n) is 1.61. The Balaban J connectivity index is 2.55. The van der Waals surface area contributed by atoms with Gasteiger partial charge in [0.1, 0.15) is 0 Å². The first kappa shape index (κ1) is 14.9. The van der Waals surface area contributed by atoms with Gasteiger partial charge in [0.2, 0.25) is 0 Å². The van der Waals surface area contributed by atoms with Crippen molar-refractivity contribution in [2.45, 2.75) is 33.1 Å². The molecule has 1 rings (SSSR count). The van der Waals surface area contributed by atoms with Crippen molar-refractivity contribution >= 4 is 22.5 Å². The van der Waals surface area contributed by atoms with Gasteiger partial charge >= 0.3 is 6.03 Å². The molecule has 2 amide bonds. The topological polar surface area (TPSA) is 65.5 Å². The van der Waals surface area contributed by atoms with Gasteiger partial charge in [0.25, 0.3) is 0 Å². The van der Waals surface area contributed by atoms with Crippen molar-refractivity contribution in [3.63, 3.8) is 0 Å². The highest BCUT2D eigenvalue weighted by atomic mass is 32.1. The molecule has 0 bridgehead atoms. The lowest BCUT2D eigenvalue weighted by Crippen LogP contribution is -2.37. The quantitative estimate of drug-likeness (QED) is 0.800. The number of rotatable bonds is 7. The number of carbonyl (C=O) groups excluding carboxylic acids is 1. The van der Waals surface area contributed by atoms with Crippen LogP contribution in [0.25, 0.3) is 0 Å². The van der Waals surface area contributed by atoms with Crippen LogP contribution in [0.15, 0.2) is 5.38 Å². The van der Waals surface area contributed by atoms with Gasteiger partial charge in [-0.2, -0.15) is 0 Å². The molecule has 1 aromatic heterocycles. The van der Waals surface area contributed by atoms with E-state index in [-0.39, 0.29) is 12.6 Å². The van der Waals surface area contributed by atoms with Crippen molar-refractivity contribution in [1.82, 2.24) is 9.88 Å². The highest BCUT2D eigenvalue weighted by molar-refractivity contribution is 7.13. The molecule has 6 heteroatoms. The van der Waals surface area contributed by atoms with Crippen molar-refractivity contribution in [1.29, 1.82) is 0 Å². The van der Waals surface area contributed by atoms with Gasteiger partial charge in [-0.25, -0.2) is 9.78 Å². The Morgan fingerprint density at radius 2 is 2.22 bits per heavy atom. The molecule has 0 spiro atoms. The average Bonchev–Trinajstić information content (AvgIpc) is 2.77. The van der Waals surface area contributed by atoms with E-state index < -0.39 is 0 Å². The molecule has 5 nitrogen and oxygen atoms in total. The van der Waals surface area contributed by atoms with Crippen LogP contribution in [0.2, 0.25) is 0 Å². The van der Waals surface area contributed by atoms with Crippen LogP contribution >= 0.6 is 11.3 Å². The molecule has 1 aromatic rings. The molecule has 1 heterocycles. The van der Waals surface area contributed by atoms with Crippen molar-refractivity contribution in [2.24, 2.45) is 0 Å². The molecule has 0 unspecified atom stereocenters. The third-order valence-electron chi connectivity index (χ3n) is 2.42. The summed E-state index contributed by atoms with van der Waals surface area (Å²) in [6.45, 7) is 5.07. The Morgan fingerprint density at radius 1 is 1.44 bits per heavy atom. The largest absolute Gasteiger partial charge is 0.395 e. The van der Waals surface area contributed by atoms with E-state index in [9.17, 15) is 4.79 Å². The smallest absolute Gasteiger partial charge is 0.323 e. The number of aliphatic hydroxyl groups excluding tert-OH is 1. The number of thiazole rings is 1. The minimum absolute atomic E-state index is 0.0215. The Bertz CT molecular complexity index is 362. The maximum atomic E-state index is 11.9. The van der Waals surface area contributed by atoms with Gasteiger partial charge in [0.05, 0.1) is 12.3 Å². The van der Waals surface area contributed by atoms with Gasteiger partial charge in [-0.1, -0.05) is 20.3 Å². The van der Waals surface area contributed by atoms with Crippen LogP contribution in [0.1, 0.15) is 32.4 Å². The number of nitrogens with one attached hydrogen (secondary N) is 1. The maximum absolute atomic E-state index is 11.9.